The quantitative estimate of drug-likeness (QED) is 0.245. The van der Waals surface area contributed by atoms with Crippen LogP contribution in [0.25, 0.3) is 16.7 Å². The number of aryl methyl sites for hydroxylation is 1. The summed E-state index contributed by atoms with van der Waals surface area (Å²) in [4.78, 5) is 0. The summed E-state index contributed by atoms with van der Waals surface area (Å²) in [6.07, 6.45) is 3.38. The fourth-order valence-corrected chi connectivity index (χ4v) is 6.61. The molecule has 0 radical (unpaired) electrons. The van der Waals surface area contributed by atoms with E-state index in [0.717, 1.165) is 37.6 Å². The van der Waals surface area contributed by atoms with E-state index in [1.54, 1.807) is 0 Å². The van der Waals surface area contributed by atoms with Crippen LogP contribution >= 0.6 is 43.5 Å². The Labute approximate surface area is 228 Å². The Morgan fingerprint density at radius 1 is 0.857 bits per heavy atom. The SMILES string of the molecule is Cc1cccc(C2=CC(O)(c3ccccc3Cl)CC(c3ccc(-c4ccccc4)cc3Br)C2)c1Br. The van der Waals surface area contributed by atoms with Gasteiger partial charge >= 0.3 is 0 Å². The summed E-state index contributed by atoms with van der Waals surface area (Å²) in [5.74, 6) is 0.0999. The summed E-state index contributed by atoms with van der Waals surface area (Å²) in [5.41, 5.74) is 6.47. The van der Waals surface area contributed by atoms with Crippen molar-refractivity contribution < 1.29 is 5.11 Å². The van der Waals surface area contributed by atoms with Gasteiger partial charge in [-0.05, 0) is 93.2 Å². The molecule has 1 N–H and O–H groups in total. The van der Waals surface area contributed by atoms with Crippen LogP contribution in [0.5, 0.6) is 0 Å². The summed E-state index contributed by atoms with van der Waals surface area (Å²) in [6, 6.07) is 30.8. The van der Waals surface area contributed by atoms with Gasteiger partial charge in [-0.3, -0.25) is 0 Å². The fraction of sp³-hybridized carbons (Fsp3) is 0.161. The number of rotatable bonds is 4. The number of allylic oxidation sites excluding steroid dienone is 1. The Bertz CT molecular complexity index is 1410. The van der Waals surface area contributed by atoms with E-state index in [4.69, 9.17) is 11.6 Å². The number of benzene rings is 4. The third kappa shape index (κ3) is 4.93. The standard InChI is InChI=1S/C31H25Br2ClO/c1-20-8-7-11-26(30(20)33)24-16-23(18-31(35,19-24)27-12-5-6-13-29(27)34)25-15-14-22(17-28(25)32)21-9-3-2-4-10-21/h2-15,17,19,23,35H,16,18H2,1H3. The fourth-order valence-electron chi connectivity index (χ4n) is 5.09. The van der Waals surface area contributed by atoms with Crippen LogP contribution in [0, 0.1) is 6.92 Å². The Hall–Kier alpha value is -2.17. The van der Waals surface area contributed by atoms with Crippen LogP contribution in [-0.4, -0.2) is 5.11 Å². The van der Waals surface area contributed by atoms with Gasteiger partial charge in [0.2, 0.25) is 0 Å². The molecule has 5 rings (SSSR count). The molecule has 0 bridgehead atoms. The molecule has 4 aromatic rings. The maximum atomic E-state index is 12.1. The van der Waals surface area contributed by atoms with E-state index in [1.165, 1.54) is 16.7 Å². The largest absolute Gasteiger partial charge is 0.381 e. The summed E-state index contributed by atoms with van der Waals surface area (Å²) in [5, 5.41) is 12.7. The minimum atomic E-state index is -1.18. The lowest BCUT2D eigenvalue weighted by atomic mass is 9.72. The van der Waals surface area contributed by atoms with E-state index >= 15 is 0 Å². The predicted molar refractivity (Wildman–Crippen MR) is 154 cm³/mol. The molecule has 1 aliphatic carbocycles. The van der Waals surface area contributed by atoms with Crippen LogP contribution in [-0.2, 0) is 5.60 Å². The van der Waals surface area contributed by atoms with Crippen LogP contribution in [0.15, 0.2) is 106 Å². The van der Waals surface area contributed by atoms with Crippen molar-refractivity contribution in [1.29, 1.82) is 0 Å². The number of aliphatic hydroxyl groups is 1. The van der Waals surface area contributed by atoms with Crippen molar-refractivity contribution in [3.8, 4) is 11.1 Å². The first-order chi connectivity index (χ1) is 16.9. The number of halogens is 3. The summed E-state index contributed by atoms with van der Waals surface area (Å²) >= 11 is 14.2. The van der Waals surface area contributed by atoms with Crippen LogP contribution in [0.1, 0.15) is 41.0 Å². The van der Waals surface area contributed by atoms with E-state index in [1.807, 2.05) is 36.4 Å². The van der Waals surface area contributed by atoms with Gasteiger partial charge in [0, 0.05) is 19.5 Å². The molecule has 0 aromatic heterocycles. The Morgan fingerprint density at radius 3 is 2.34 bits per heavy atom. The lowest BCUT2D eigenvalue weighted by Crippen LogP contribution is -2.30. The zero-order chi connectivity index (χ0) is 24.6. The lowest BCUT2D eigenvalue weighted by Gasteiger charge is -2.37. The van der Waals surface area contributed by atoms with Gasteiger partial charge in [-0.2, -0.15) is 0 Å². The molecule has 0 spiro atoms. The van der Waals surface area contributed by atoms with E-state index in [9.17, 15) is 5.11 Å². The van der Waals surface area contributed by atoms with Crippen molar-refractivity contribution in [2.75, 3.05) is 0 Å². The summed E-state index contributed by atoms with van der Waals surface area (Å²) < 4.78 is 2.11. The predicted octanol–water partition coefficient (Wildman–Crippen LogP) is 9.69. The molecule has 4 aromatic carbocycles. The zero-order valence-corrected chi connectivity index (χ0v) is 23.2. The van der Waals surface area contributed by atoms with Gasteiger partial charge < -0.3 is 5.11 Å². The van der Waals surface area contributed by atoms with Crippen LogP contribution in [0.3, 0.4) is 0 Å². The highest BCUT2D eigenvalue weighted by Gasteiger charge is 2.38. The van der Waals surface area contributed by atoms with Gasteiger partial charge in [0.15, 0.2) is 0 Å². The molecular weight excluding hydrogens is 584 g/mol. The third-order valence-corrected chi connectivity index (χ3v) is 8.93. The topological polar surface area (TPSA) is 20.2 Å². The van der Waals surface area contributed by atoms with Crippen molar-refractivity contribution in [1.82, 2.24) is 0 Å². The average molecular weight is 609 g/mol. The van der Waals surface area contributed by atoms with Crippen LogP contribution in [0.4, 0.5) is 0 Å². The van der Waals surface area contributed by atoms with E-state index in [0.29, 0.717) is 11.4 Å². The van der Waals surface area contributed by atoms with Crippen LogP contribution in [0.2, 0.25) is 5.02 Å². The van der Waals surface area contributed by atoms with Gasteiger partial charge in [0.05, 0.1) is 0 Å². The van der Waals surface area contributed by atoms with Gasteiger partial charge in [0.25, 0.3) is 0 Å². The molecule has 0 heterocycles. The Balaban J connectivity index is 1.61. The highest BCUT2D eigenvalue weighted by Crippen LogP contribution is 2.49. The first kappa shape index (κ1) is 24.5. The first-order valence-corrected chi connectivity index (χ1v) is 13.6. The van der Waals surface area contributed by atoms with E-state index in [-0.39, 0.29) is 5.92 Å². The molecule has 1 nitrogen and oxygen atoms in total. The molecule has 4 heteroatoms. The lowest BCUT2D eigenvalue weighted by molar-refractivity contribution is 0.0672. The molecular formula is C31H25Br2ClO. The van der Waals surface area contributed by atoms with E-state index in [2.05, 4.69) is 99.4 Å². The second-order valence-electron chi connectivity index (χ2n) is 9.22. The number of hydrogen-bond donors (Lipinski definition) is 1. The second kappa shape index (κ2) is 10.1. The monoisotopic (exact) mass is 606 g/mol. The summed E-state index contributed by atoms with van der Waals surface area (Å²) in [7, 11) is 0. The smallest absolute Gasteiger partial charge is 0.110 e. The summed E-state index contributed by atoms with van der Waals surface area (Å²) in [6.45, 7) is 2.09. The van der Waals surface area contributed by atoms with Crippen molar-refractivity contribution >= 4 is 49.0 Å². The van der Waals surface area contributed by atoms with Gasteiger partial charge in [0.1, 0.15) is 5.60 Å². The van der Waals surface area contributed by atoms with E-state index < -0.39 is 5.60 Å². The minimum Gasteiger partial charge on any atom is -0.381 e. The highest BCUT2D eigenvalue weighted by molar-refractivity contribution is 9.10. The average Bonchev–Trinajstić information content (AvgIpc) is 2.86. The highest BCUT2D eigenvalue weighted by atomic mass is 79.9. The maximum Gasteiger partial charge on any atom is 0.110 e. The molecule has 0 saturated carbocycles. The van der Waals surface area contributed by atoms with Crippen molar-refractivity contribution in [3.63, 3.8) is 0 Å². The molecule has 2 atom stereocenters. The molecule has 1 aliphatic rings. The third-order valence-electron chi connectivity index (χ3n) is 6.86. The first-order valence-electron chi connectivity index (χ1n) is 11.7. The molecule has 176 valence electrons. The number of hydrogen-bond acceptors (Lipinski definition) is 1. The van der Waals surface area contributed by atoms with Crippen molar-refractivity contribution in [2.24, 2.45) is 0 Å². The molecule has 0 amide bonds. The molecule has 2 unspecified atom stereocenters. The Kier molecular flexibility index (Phi) is 7.05. The molecule has 0 aliphatic heterocycles. The molecule has 0 saturated heterocycles. The molecule has 0 fully saturated rings. The van der Waals surface area contributed by atoms with Crippen molar-refractivity contribution in [3.05, 3.63) is 133 Å². The normalized spacial score (nSPS) is 19.9. The van der Waals surface area contributed by atoms with Gasteiger partial charge in [-0.1, -0.05) is 106 Å². The van der Waals surface area contributed by atoms with Crippen LogP contribution < -0.4 is 0 Å². The zero-order valence-electron chi connectivity index (χ0n) is 19.3. The minimum absolute atomic E-state index is 0.0999. The van der Waals surface area contributed by atoms with Gasteiger partial charge in [-0.25, -0.2) is 0 Å². The van der Waals surface area contributed by atoms with Crippen molar-refractivity contribution in [2.45, 2.75) is 31.3 Å². The van der Waals surface area contributed by atoms with Gasteiger partial charge in [-0.15, -0.1) is 0 Å². The maximum absolute atomic E-state index is 12.1. The molecule has 35 heavy (non-hydrogen) atoms. The Morgan fingerprint density at radius 2 is 1.60 bits per heavy atom. The second-order valence-corrected chi connectivity index (χ2v) is 11.3.